The van der Waals surface area contributed by atoms with Gasteiger partial charge in [-0.05, 0) is 19.1 Å². The molecule has 0 aliphatic carbocycles. The van der Waals surface area contributed by atoms with Gasteiger partial charge in [0.15, 0.2) is 0 Å². The summed E-state index contributed by atoms with van der Waals surface area (Å²) in [6.45, 7) is 2.19. The van der Waals surface area contributed by atoms with Gasteiger partial charge in [-0.15, -0.1) is 11.3 Å². The molecule has 6 heteroatoms. The van der Waals surface area contributed by atoms with E-state index in [1.165, 1.54) is 16.2 Å². The Hall–Kier alpha value is -1.84. The minimum absolute atomic E-state index is 0.156. The van der Waals surface area contributed by atoms with Gasteiger partial charge in [0.1, 0.15) is 6.61 Å². The number of aliphatic hydroxyl groups is 1. The third-order valence-corrected chi connectivity index (χ3v) is 3.40. The van der Waals surface area contributed by atoms with Gasteiger partial charge in [0.2, 0.25) is 0 Å². The van der Waals surface area contributed by atoms with Crippen molar-refractivity contribution in [1.29, 1.82) is 0 Å². The third kappa shape index (κ3) is 5.03. The predicted molar refractivity (Wildman–Crippen MR) is 76.5 cm³/mol. The van der Waals surface area contributed by atoms with Crippen molar-refractivity contribution in [2.24, 2.45) is 0 Å². The lowest BCUT2D eigenvalue weighted by Crippen LogP contribution is -2.28. The number of amides is 1. The number of aliphatic hydroxyl groups excluding tert-OH is 1. The first-order valence-electron chi connectivity index (χ1n) is 6.19. The van der Waals surface area contributed by atoms with Gasteiger partial charge in [-0.3, -0.25) is 9.59 Å². The predicted octanol–water partition coefficient (Wildman–Crippen LogP) is 1.12. The van der Waals surface area contributed by atoms with Crippen LogP contribution in [0.5, 0.6) is 0 Å². The van der Waals surface area contributed by atoms with E-state index in [4.69, 9.17) is 9.84 Å². The Balaban J connectivity index is 2.56. The molecule has 0 fully saturated rings. The maximum Gasteiger partial charge on any atom is 0.307 e. The molecule has 1 heterocycles. The van der Waals surface area contributed by atoms with E-state index < -0.39 is 0 Å². The molecular weight excluding hydrogens is 278 g/mol. The molecule has 0 radical (unpaired) electrons. The van der Waals surface area contributed by atoms with Crippen LogP contribution in [0.4, 0.5) is 0 Å². The largest absolute Gasteiger partial charge is 0.466 e. The molecule has 0 atom stereocenters. The number of esters is 1. The van der Waals surface area contributed by atoms with E-state index in [0.29, 0.717) is 18.0 Å². The number of carbonyl (C=O) groups is 2. The van der Waals surface area contributed by atoms with E-state index in [1.54, 1.807) is 26.1 Å². The molecule has 0 aromatic carbocycles. The second-order valence-electron chi connectivity index (χ2n) is 3.91. The van der Waals surface area contributed by atoms with Gasteiger partial charge in [-0.2, -0.15) is 0 Å². The summed E-state index contributed by atoms with van der Waals surface area (Å²) in [5, 5.41) is 8.61. The maximum atomic E-state index is 12.1. The van der Waals surface area contributed by atoms with Crippen molar-refractivity contribution in [3.63, 3.8) is 0 Å². The van der Waals surface area contributed by atoms with Crippen LogP contribution in [0.25, 0.3) is 0 Å². The van der Waals surface area contributed by atoms with E-state index in [2.05, 4.69) is 11.8 Å². The van der Waals surface area contributed by atoms with Gasteiger partial charge in [-0.1, -0.05) is 11.8 Å². The normalized spacial score (nSPS) is 9.55. The Morgan fingerprint density at radius 3 is 2.85 bits per heavy atom. The average Bonchev–Trinajstić information content (AvgIpc) is 2.90. The second-order valence-corrected chi connectivity index (χ2v) is 4.99. The number of hydrogen-bond donors (Lipinski definition) is 1. The number of rotatable bonds is 5. The highest BCUT2D eigenvalue weighted by molar-refractivity contribution is 7.14. The molecule has 1 aromatic heterocycles. The van der Waals surface area contributed by atoms with Gasteiger partial charge in [0.05, 0.1) is 22.8 Å². The summed E-state index contributed by atoms with van der Waals surface area (Å²) in [5.74, 6) is 4.81. The molecule has 0 aliphatic rings. The lowest BCUT2D eigenvalue weighted by atomic mass is 10.3. The molecule has 0 saturated carbocycles. The van der Waals surface area contributed by atoms with Gasteiger partial charge < -0.3 is 14.7 Å². The summed E-state index contributed by atoms with van der Waals surface area (Å²) < 4.78 is 4.81. The van der Waals surface area contributed by atoms with Crippen molar-refractivity contribution < 1.29 is 19.4 Å². The summed E-state index contributed by atoms with van der Waals surface area (Å²) in [7, 11) is 1.64. The lowest BCUT2D eigenvalue weighted by molar-refractivity contribution is -0.143. The van der Waals surface area contributed by atoms with Crippen LogP contribution in [0.15, 0.2) is 12.1 Å². The summed E-state index contributed by atoms with van der Waals surface area (Å²) >= 11 is 1.26. The summed E-state index contributed by atoms with van der Waals surface area (Å²) in [4.78, 5) is 26.1. The molecule has 0 saturated heterocycles. The van der Waals surface area contributed by atoms with Crippen LogP contribution in [-0.4, -0.2) is 48.7 Å². The smallest absolute Gasteiger partial charge is 0.307 e. The van der Waals surface area contributed by atoms with Crippen LogP contribution in [0.1, 0.15) is 27.9 Å². The molecule has 1 aromatic rings. The van der Waals surface area contributed by atoms with E-state index in [1.807, 2.05) is 0 Å². The standard InChI is InChI=1S/C14H17NO4S/c1-3-19-13(17)8-9-15(2)14(18)12-7-6-11(20-12)5-4-10-16/h6-7,16H,3,8-10H2,1-2H3. The Morgan fingerprint density at radius 1 is 1.45 bits per heavy atom. The number of ether oxygens (including phenoxy) is 1. The molecule has 1 rings (SSSR count). The third-order valence-electron chi connectivity index (χ3n) is 2.41. The van der Waals surface area contributed by atoms with E-state index in [0.717, 1.165) is 4.88 Å². The zero-order valence-corrected chi connectivity index (χ0v) is 12.3. The minimum atomic E-state index is -0.312. The van der Waals surface area contributed by atoms with Gasteiger partial charge >= 0.3 is 5.97 Å². The molecule has 5 nitrogen and oxygen atoms in total. The minimum Gasteiger partial charge on any atom is -0.466 e. The van der Waals surface area contributed by atoms with E-state index >= 15 is 0 Å². The molecule has 0 bridgehead atoms. The number of nitrogens with zero attached hydrogens (tertiary/aromatic N) is 1. The van der Waals surface area contributed by atoms with Crippen molar-refractivity contribution in [1.82, 2.24) is 4.90 Å². The fourth-order valence-electron chi connectivity index (χ4n) is 1.43. The molecule has 0 spiro atoms. The lowest BCUT2D eigenvalue weighted by Gasteiger charge is -2.15. The average molecular weight is 295 g/mol. The van der Waals surface area contributed by atoms with Crippen molar-refractivity contribution in [2.75, 3.05) is 26.8 Å². The maximum absolute atomic E-state index is 12.1. The first kappa shape index (κ1) is 16.2. The first-order chi connectivity index (χ1) is 9.58. The highest BCUT2D eigenvalue weighted by Crippen LogP contribution is 2.17. The molecule has 1 N–H and O–H groups in total. The van der Waals surface area contributed by atoms with Crippen molar-refractivity contribution in [3.05, 3.63) is 21.9 Å². The Morgan fingerprint density at radius 2 is 2.20 bits per heavy atom. The number of thiophene rings is 1. The summed E-state index contributed by atoms with van der Waals surface area (Å²) in [6.07, 6.45) is 0.179. The zero-order valence-electron chi connectivity index (χ0n) is 11.5. The Bertz CT molecular complexity index is 527. The van der Waals surface area contributed by atoms with Gasteiger partial charge in [-0.25, -0.2) is 0 Å². The summed E-state index contributed by atoms with van der Waals surface area (Å²) in [5.41, 5.74) is 0. The van der Waals surface area contributed by atoms with Gasteiger partial charge in [0, 0.05) is 13.6 Å². The van der Waals surface area contributed by atoms with Crippen LogP contribution >= 0.6 is 11.3 Å². The van der Waals surface area contributed by atoms with Crippen molar-refractivity contribution >= 4 is 23.2 Å². The molecule has 0 unspecified atom stereocenters. The van der Waals surface area contributed by atoms with Gasteiger partial charge in [0.25, 0.3) is 5.91 Å². The Kier molecular flexibility index (Phi) is 6.77. The van der Waals surface area contributed by atoms with Crippen LogP contribution in [0.2, 0.25) is 0 Å². The highest BCUT2D eigenvalue weighted by Gasteiger charge is 2.15. The van der Waals surface area contributed by atoms with E-state index in [-0.39, 0.29) is 24.9 Å². The van der Waals surface area contributed by atoms with Crippen LogP contribution in [0, 0.1) is 11.8 Å². The van der Waals surface area contributed by atoms with Crippen LogP contribution in [0.3, 0.4) is 0 Å². The van der Waals surface area contributed by atoms with Crippen molar-refractivity contribution in [3.8, 4) is 11.8 Å². The SMILES string of the molecule is CCOC(=O)CCN(C)C(=O)c1ccc(C#CCO)s1. The topological polar surface area (TPSA) is 66.8 Å². The molecule has 108 valence electrons. The number of carbonyl (C=O) groups excluding carboxylic acids is 2. The molecule has 1 amide bonds. The van der Waals surface area contributed by atoms with E-state index in [9.17, 15) is 9.59 Å². The Labute approximate surface area is 122 Å². The molecule has 20 heavy (non-hydrogen) atoms. The fourth-order valence-corrected chi connectivity index (χ4v) is 2.30. The summed E-state index contributed by atoms with van der Waals surface area (Å²) in [6, 6.07) is 3.43. The van der Waals surface area contributed by atoms with Crippen LogP contribution in [-0.2, 0) is 9.53 Å². The monoisotopic (exact) mass is 295 g/mol. The van der Waals surface area contributed by atoms with Crippen molar-refractivity contribution in [2.45, 2.75) is 13.3 Å². The quantitative estimate of drug-likeness (QED) is 0.653. The zero-order chi connectivity index (χ0) is 15.0. The second kappa shape index (κ2) is 8.35. The molecule has 0 aliphatic heterocycles. The highest BCUT2D eigenvalue weighted by atomic mass is 32.1. The fraction of sp³-hybridized carbons (Fsp3) is 0.429. The number of hydrogen-bond acceptors (Lipinski definition) is 5. The molecular formula is C14H17NO4S. The first-order valence-corrected chi connectivity index (χ1v) is 7.00. The van der Waals surface area contributed by atoms with Crippen LogP contribution < -0.4 is 0 Å².